The van der Waals surface area contributed by atoms with Crippen LogP contribution in [0.25, 0.3) is 11.5 Å². The van der Waals surface area contributed by atoms with Gasteiger partial charge in [0.2, 0.25) is 0 Å². The molecule has 0 bridgehead atoms. The van der Waals surface area contributed by atoms with Crippen molar-refractivity contribution in [3.05, 3.63) is 46.9 Å². The number of nitrogens with zero attached hydrogens (tertiary/aromatic N) is 3. The van der Waals surface area contributed by atoms with Gasteiger partial charge in [-0.05, 0) is 30.5 Å². The molecular weight excluding hydrogens is 312 g/mol. The predicted molar refractivity (Wildman–Crippen MR) is 90.3 cm³/mol. The number of anilines is 1. The Labute approximate surface area is 138 Å². The molecule has 6 nitrogen and oxygen atoms in total. The highest BCUT2D eigenvalue weighted by Crippen LogP contribution is 2.22. The Morgan fingerprint density at radius 1 is 1.43 bits per heavy atom. The highest BCUT2D eigenvalue weighted by molar-refractivity contribution is 7.09. The molecule has 3 aromatic heterocycles. The number of aromatic nitrogens is 2. The van der Waals surface area contributed by atoms with Crippen molar-refractivity contribution >= 4 is 23.2 Å². The number of hydrogen-bond donors (Lipinski definition) is 1. The molecule has 0 aromatic carbocycles. The highest BCUT2D eigenvalue weighted by Gasteiger charge is 2.16. The Kier molecular flexibility index (Phi) is 4.47. The van der Waals surface area contributed by atoms with Crippen molar-refractivity contribution in [1.82, 2.24) is 14.7 Å². The van der Waals surface area contributed by atoms with Crippen LogP contribution in [0.1, 0.15) is 11.8 Å². The van der Waals surface area contributed by atoms with Gasteiger partial charge in [0.1, 0.15) is 11.5 Å². The first-order chi connectivity index (χ1) is 11.2. The Morgan fingerprint density at radius 2 is 2.30 bits per heavy atom. The number of urea groups is 1. The predicted octanol–water partition coefficient (Wildman–Crippen LogP) is 3.80. The van der Waals surface area contributed by atoms with Crippen LogP contribution in [0, 0.1) is 0 Å². The first kappa shape index (κ1) is 15.4. The Morgan fingerprint density at radius 3 is 2.96 bits per heavy atom. The number of furan rings is 1. The lowest BCUT2D eigenvalue weighted by Crippen LogP contribution is -2.34. The van der Waals surface area contributed by atoms with Gasteiger partial charge in [-0.3, -0.25) is 10.00 Å². The largest absolute Gasteiger partial charge is 0.463 e. The molecule has 0 spiro atoms. The van der Waals surface area contributed by atoms with E-state index in [4.69, 9.17) is 4.42 Å². The second-order valence-corrected chi connectivity index (χ2v) is 6.07. The highest BCUT2D eigenvalue weighted by atomic mass is 32.1. The molecule has 2 amide bonds. The van der Waals surface area contributed by atoms with Crippen molar-refractivity contribution in [2.75, 3.05) is 11.9 Å². The molecule has 1 N–H and O–H groups in total. The first-order valence-corrected chi connectivity index (χ1v) is 8.21. The third-order valence-corrected chi connectivity index (χ3v) is 4.35. The molecule has 3 aromatic rings. The van der Waals surface area contributed by atoms with Gasteiger partial charge in [0.25, 0.3) is 0 Å². The van der Waals surface area contributed by atoms with Crippen LogP contribution < -0.4 is 5.32 Å². The monoisotopic (exact) mass is 330 g/mol. The maximum absolute atomic E-state index is 12.5. The zero-order valence-electron chi connectivity index (χ0n) is 13.0. The zero-order valence-corrected chi connectivity index (χ0v) is 13.8. The maximum Gasteiger partial charge on any atom is 0.323 e. The van der Waals surface area contributed by atoms with Crippen LogP contribution in [0.5, 0.6) is 0 Å². The van der Waals surface area contributed by atoms with Crippen LogP contribution in [-0.4, -0.2) is 27.3 Å². The second-order valence-electron chi connectivity index (χ2n) is 5.04. The molecule has 3 heterocycles. The lowest BCUT2D eigenvalue weighted by atomic mass is 10.3. The van der Waals surface area contributed by atoms with Gasteiger partial charge in [0.15, 0.2) is 5.76 Å². The SMILES string of the molecule is CCN(Cc1cccs1)C(=O)Nc1cc(-c2ccco2)nn1C. The fourth-order valence-corrected chi connectivity index (χ4v) is 2.95. The zero-order chi connectivity index (χ0) is 16.2. The number of rotatable bonds is 5. The molecule has 23 heavy (non-hydrogen) atoms. The Hall–Kier alpha value is -2.54. The fraction of sp³-hybridized carbons (Fsp3) is 0.250. The number of thiophene rings is 1. The quantitative estimate of drug-likeness (QED) is 0.774. The van der Waals surface area contributed by atoms with E-state index in [1.54, 1.807) is 40.3 Å². The Balaban J connectivity index is 1.71. The van der Waals surface area contributed by atoms with Crippen LogP contribution >= 0.6 is 11.3 Å². The van der Waals surface area contributed by atoms with Crippen LogP contribution in [0.2, 0.25) is 0 Å². The van der Waals surface area contributed by atoms with E-state index in [2.05, 4.69) is 10.4 Å². The summed E-state index contributed by atoms with van der Waals surface area (Å²) < 4.78 is 6.97. The van der Waals surface area contributed by atoms with Crippen LogP contribution in [-0.2, 0) is 13.6 Å². The summed E-state index contributed by atoms with van der Waals surface area (Å²) in [5, 5.41) is 9.28. The van der Waals surface area contributed by atoms with E-state index in [1.165, 1.54) is 0 Å². The molecule has 0 atom stereocenters. The van der Waals surface area contributed by atoms with Crippen molar-refractivity contribution in [1.29, 1.82) is 0 Å². The number of carbonyl (C=O) groups excluding carboxylic acids is 1. The molecule has 0 radical (unpaired) electrons. The number of nitrogens with one attached hydrogen (secondary N) is 1. The molecular formula is C16H18N4O2S. The van der Waals surface area contributed by atoms with Crippen molar-refractivity contribution in [2.24, 2.45) is 7.05 Å². The molecule has 0 fully saturated rings. The molecule has 0 aliphatic heterocycles. The van der Waals surface area contributed by atoms with Crippen molar-refractivity contribution < 1.29 is 9.21 Å². The summed E-state index contributed by atoms with van der Waals surface area (Å²) in [5.74, 6) is 1.30. The number of amides is 2. The van der Waals surface area contributed by atoms with Gasteiger partial charge in [-0.2, -0.15) is 5.10 Å². The summed E-state index contributed by atoms with van der Waals surface area (Å²) in [4.78, 5) is 15.4. The average molecular weight is 330 g/mol. The normalized spacial score (nSPS) is 10.7. The number of carbonyl (C=O) groups is 1. The minimum absolute atomic E-state index is 0.144. The van der Waals surface area contributed by atoms with Crippen LogP contribution in [0.3, 0.4) is 0 Å². The summed E-state index contributed by atoms with van der Waals surface area (Å²) in [6.45, 7) is 3.19. The fourth-order valence-electron chi connectivity index (χ4n) is 2.24. The minimum Gasteiger partial charge on any atom is -0.463 e. The van der Waals surface area contributed by atoms with E-state index >= 15 is 0 Å². The molecule has 0 aliphatic rings. The van der Waals surface area contributed by atoms with Gasteiger partial charge in [-0.25, -0.2) is 4.79 Å². The number of aryl methyl sites for hydroxylation is 1. The van der Waals surface area contributed by atoms with Gasteiger partial charge in [0, 0.05) is 24.5 Å². The van der Waals surface area contributed by atoms with Gasteiger partial charge in [0.05, 0.1) is 12.8 Å². The molecule has 0 saturated carbocycles. The molecule has 0 aliphatic carbocycles. The summed E-state index contributed by atoms with van der Waals surface area (Å²) in [5.41, 5.74) is 0.689. The second kappa shape index (κ2) is 6.70. The molecule has 0 unspecified atom stereocenters. The summed E-state index contributed by atoms with van der Waals surface area (Å²) >= 11 is 1.64. The van der Waals surface area contributed by atoms with Gasteiger partial charge in [-0.15, -0.1) is 11.3 Å². The van der Waals surface area contributed by atoms with Crippen LogP contribution in [0.4, 0.5) is 10.6 Å². The third-order valence-electron chi connectivity index (χ3n) is 3.48. The Bertz CT molecular complexity index is 762. The van der Waals surface area contributed by atoms with Gasteiger partial charge >= 0.3 is 6.03 Å². The standard InChI is InChI=1S/C16H18N4O2S/c1-3-20(11-12-6-5-9-23-12)16(21)17-15-10-13(18-19(15)2)14-7-4-8-22-14/h4-10H,3,11H2,1-2H3,(H,17,21). The topological polar surface area (TPSA) is 63.3 Å². The third kappa shape index (κ3) is 3.45. The lowest BCUT2D eigenvalue weighted by Gasteiger charge is -2.20. The van der Waals surface area contributed by atoms with E-state index in [0.29, 0.717) is 30.4 Å². The van der Waals surface area contributed by atoms with E-state index in [9.17, 15) is 4.79 Å². The molecule has 120 valence electrons. The molecule has 7 heteroatoms. The molecule has 0 saturated heterocycles. The lowest BCUT2D eigenvalue weighted by molar-refractivity contribution is 0.212. The summed E-state index contributed by atoms with van der Waals surface area (Å²) in [6, 6.07) is 9.32. The van der Waals surface area contributed by atoms with Crippen molar-refractivity contribution in [3.63, 3.8) is 0 Å². The van der Waals surface area contributed by atoms with Crippen LogP contribution in [0.15, 0.2) is 46.4 Å². The van der Waals surface area contributed by atoms with E-state index < -0.39 is 0 Å². The van der Waals surface area contributed by atoms with Gasteiger partial charge in [-0.1, -0.05) is 6.07 Å². The van der Waals surface area contributed by atoms with Crippen molar-refractivity contribution in [3.8, 4) is 11.5 Å². The summed E-state index contributed by atoms with van der Waals surface area (Å²) in [6.07, 6.45) is 1.60. The summed E-state index contributed by atoms with van der Waals surface area (Å²) in [7, 11) is 1.79. The molecule has 3 rings (SSSR count). The first-order valence-electron chi connectivity index (χ1n) is 7.33. The van der Waals surface area contributed by atoms with E-state index in [-0.39, 0.29) is 6.03 Å². The van der Waals surface area contributed by atoms with E-state index in [0.717, 1.165) is 4.88 Å². The average Bonchev–Trinajstić information content (AvgIpc) is 3.27. The number of hydrogen-bond acceptors (Lipinski definition) is 4. The smallest absolute Gasteiger partial charge is 0.323 e. The van der Waals surface area contributed by atoms with E-state index in [1.807, 2.05) is 36.6 Å². The minimum atomic E-state index is -0.144. The van der Waals surface area contributed by atoms with Crippen molar-refractivity contribution in [2.45, 2.75) is 13.5 Å². The van der Waals surface area contributed by atoms with Gasteiger partial charge < -0.3 is 9.32 Å². The maximum atomic E-state index is 12.5.